The Labute approximate surface area is 106 Å². The highest BCUT2D eigenvalue weighted by molar-refractivity contribution is 5.91. The molecule has 90 valence electrons. The van der Waals surface area contributed by atoms with Gasteiger partial charge in [0.2, 0.25) is 0 Å². The van der Waals surface area contributed by atoms with E-state index in [2.05, 4.69) is 12.1 Å². The molecule has 18 heavy (non-hydrogen) atoms. The molecule has 0 radical (unpaired) electrons. The molecule has 0 aliphatic rings. The average Bonchev–Trinajstić information content (AvgIpc) is 2.45. The summed E-state index contributed by atoms with van der Waals surface area (Å²) in [6.45, 7) is 0. The number of benzene rings is 2. The third-order valence-corrected chi connectivity index (χ3v) is 3.00. The summed E-state index contributed by atoms with van der Waals surface area (Å²) in [4.78, 5) is 21.9. The summed E-state index contributed by atoms with van der Waals surface area (Å²) in [5.41, 5.74) is 3.14. The maximum Gasteiger partial charge on any atom is 0.151 e. The van der Waals surface area contributed by atoms with Crippen molar-refractivity contribution in [3.63, 3.8) is 0 Å². The third-order valence-electron chi connectivity index (χ3n) is 3.00. The molecule has 0 spiro atoms. The quantitative estimate of drug-likeness (QED) is 0.750. The molecule has 0 aromatic heterocycles. The van der Waals surface area contributed by atoms with E-state index in [1.807, 2.05) is 30.3 Å². The van der Waals surface area contributed by atoms with Crippen molar-refractivity contribution in [3.8, 4) is 0 Å². The highest BCUT2D eigenvalue weighted by Crippen LogP contribution is 2.14. The number of hydrogen-bond acceptors (Lipinski definition) is 2. The Morgan fingerprint density at radius 2 is 1.56 bits per heavy atom. The van der Waals surface area contributed by atoms with E-state index >= 15 is 0 Å². The van der Waals surface area contributed by atoms with Crippen molar-refractivity contribution < 1.29 is 9.59 Å². The third kappa shape index (κ3) is 2.72. The van der Waals surface area contributed by atoms with Crippen LogP contribution < -0.4 is 0 Å². The second-order valence-corrected chi connectivity index (χ2v) is 4.14. The molecule has 0 bridgehead atoms. The Bertz CT molecular complexity index is 544. The minimum Gasteiger partial charge on any atom is -0.298 e. The Balaban J connectivity index is 2.19. The lowest BCUT2D eigenvalue weighted by Crippen LogP contribution is -2.00. The Kier molecular flexibility index (Phi) is 4.02. The highest BCUT2D eigenvalue weighted by Gasteiger charge is 2.06. The Morgan fingerprint density at radius 1 is 0.778 bits per heavy atom. The molecule has 0 N–H and O–H groups in total. The van der Waals surface area contributed by atoms with E-state index in [9.17, 15) is 9.59 Å². The van der Waals surface area contributed by atoms with E-state index in [1.54, 1.807) is 6.07 Å². The van der Waals surface area contributed by atoms with Crippen LogP contribution in [0.1, 0.15) is 31.8 Å². The Morgan fingerprint density at radius 3 is 2.22 bits per heavy atom. The molecule has 2 aromatic carbocycles. The van der Waals surface area contributed by atoms with Crippen molar-refractivity contribution in [2.45, 2.75) is 12.8 Å². The van der Waals surface area contributed by atoms with Crippen molar-refractivity contribution in [1.29, 1.82) is 0 Å². The summed E-state index contributed by atoms with van der Waals surface area (Å²) in [6.07, 6.45) is 3.13. The van der Waals surface area contributed by atoms with E-state index < -0.39 is 0 Å². The molecule has 0 saturated heterocycles. The van der Waals surface area contributed by atoms with Crippen LogP contribution in [0.3, 0.4) is 0 Å². The molecular weight excluding hydrogens is 224 g/mol. The first-order chi connectivity index (χ1) is 8.85. The predicted molar refractivity (Wildman–Crippen MR) is 71.1 cm³/mol. The zero-order valence-corrected chi connectivity index (χ0v) is 10.0. The molecule has 0 amide bonds. The molecule has 2 rings (SSSR count). The van der Waals surface area contributed by atoms with Gasteiger partial charge in [0.1, 0.15) is 0 Å². The van der Waals surface area contributed by atoms with Gasteiger partial charge in [0.15, 0.2) is 12.6 Å². The second kappa shape index (κ2) is 5.92. The first-order valence-corrected chi connectivity index (χ1v) is 5.91. The zero-order chi connectivity index (χ0) is 12.8. The van der Waals surface area contributed by atoms with Gasteiger partial charge in [-0.1, -0.05) is 48.5 Å². The van der Waals surface area contributed by atoms with Crippen LogP contribution >= 0.6 is 0 Å². The molecule has 0 aliphatic carbocycles. The van der Waals surface area contributed by atoms with Crippen molar-refractivity contribution >= 4 is 12.6 Å². The topological polar surface area (TPSA) is 34.1 Å². The second-order valence-electron chi connectivity index (χ2n) is 4.14. The molecule has 0 heterocycles. The van der Waals surface area contributed by atoms with Crippen molar-refractivity contribution in [1.82, 2.24) is 0 Å². The van der Waals surface area contributed by atoms with Crippen LogP contribution in [0.15, 0.2) is 48.5 Å². The van der Waals surface area contributed by atoms with E-state index in [4.69, 9.17) is 0 Å². The minimum atomic E-state index is 0.468. The van der Waals surface area contributed by atoms with E-state index in [0.29, 0.717) is 11.1 Å². The Hall–Kier alpha value is -2.22. The van der Waals surface area contributed by atoms with Crippen LogP contribution in [0.25, 0.3) is 0 Å². The lowest BCUT2D eigenvalue weighted by molar-refractivity contribution is 0.109. The standard InChI is InChI=1S/C16H14O2/c17-11-15-8-4-7-14(16(15)12-18)10-9-13-5-2-1-3-6-13/h1-8,11-12H,9-10H2. The maximum absolute atomic E-state index is 11.1. The first kappa shape index (κ1) is 12.2. The van der Waals surface area contributed by atoms with Crippen molar-refractivity contribution in [3.05, 3.63) is 70.8 Å². The fourth-order valence-electron chi connectivity index (χ4n) is 2.02. The van der Waals surface area contributed by atoms with Gasteiger partial charge in [-0.2, -0.15) is 0 Å². The lowest BCUT2D eigenvalue weighted by atomic mass is 9.97. The van der Waals surface area contributed by atoms with Gasteiger partial charge in [-0.05, 0) is 24.0 Å². The minimum absolute atomic E-state index is 0.468. The predicted octanol–water partition coefficient (Wildman–Crippen LogP) is 3.10. The normalized spacial score (nSPS) is 10.0. The van der Waals surface area contributed by atoms with Gasteiger partial charge in [0, 0.05) is 11.1 Å². The number of aryl methyl sites for hydroxylation is 2. The smallest absolute Gasteiger partial charge is 0.151 e. The molecular formula is C16H14O2. The van der Waals surface area contributed by atoms with E-state index in [0.717, 1.165) is 31.0 Å². The van der Waals surface area contributed by atoms with Gasteiger partial charge < -0.3 is 0 Å². The van der Waals surface area contributed by atoms with Crippen LogP contribution in [-0.4, -0.2) is 12.6 Å². The molecule has 0 unspecified atom stereocenters. The number of aldehydes is 2. The van der Waals surface area contributed by atoms with Crippen molar-refractivity contribution in [2.24, 2.45) is 0 Å². The summed E-state index contributed by atoms with van der Waals surface area (Å²) in [5.74, 6) is 0. The fraction of sp³-hybridized carbons (Fsp3) is 0.125. The summed E-state index contributed by atoms with van der Waals surface area (Å²) in [5, 5.41) is 0. The summed E-state index contributed by atoms with van der Waals surface area (Å²) in [6, 6.07) is 15.5. The number of hydrogen-bond donors (Lipinski definition) is 0. The van der Waals surface area contributed by atoms with Gasteiger partial charge in [-0.3, -0.25) is 9.59 Å². The summed E-state index contributed by atoms with van der Waals surface area (Å²) >= 11 is 0. The highest BCUT2D eigenvalue weighted by atomic mass is 16.1. The van der Waals surface area contributed by atoms with Gasteiger partial charge in [0.05, 0.1) is 0 Å². The largest absolute Gasteiger partial charge is 0.298 e. The van der Waals surface area contributed by atoms with Crippen LogP contribution in [0.4, 0.5) is 0 Å². The summed E-state index contributed by atoms with van der Waals surface area (Å²) in [7, 11) is 0. The number of carbonyl (C=O) groups is 2. The van der Waals surface area contributed by atoms with E-state index in [1.165, 1.54) is 5.56 Å². The van der Waals surface area contributed by atoms with E-state index in [-0.39, 0.29) is 0 Å². The molecule has 0 aliphatic heterocycles. The lowest BCUT2D eigenvalue weighted by Gasteiger charge is -2.06. The van der Waals surface area contributed by atoms with Gasteiger partial charge in [0.25, 0.3) is 0 Å². The monoisotopic (exact) mass is 238 g/mol. The first-order valence-electron chi connectivity index (χ1n) is 5.91. The molecule has 0 atom stereocenters. The van der Waals surface area contributed by atoms with Crippen LogP contribution in [0.2, 0.25) is 0 Å². The fourth-order valence-corrected chi connectivity index (χ4v) is 2.02. The number of carbonyl (C=O) groups excluding carboxylic acids is 2. The number of rotatable bonds is 5. The van der Waals surface area contributed by atoms with Crippen molar-refractivity contribution in [2.75, 3.05) is 0 Å². The molecule has 0 saturated carbocycles. The van der Waals surface area contributed by atoms with Crippen LogP contribution in [0, 0.1) is 0 Å². The molecule has 2 nitrogen and oxygen atoms in total. The molecule has 2 aromatic rings. The molecule has 0 fully saturated rings. The van der Waals surface area contributed by atoms with Gasteiger partial charge >= 0.3 is 0 Å². The SMILES string of the molecule is O=Cc1cccc(CCc2ccccc2)c1C=O. The van der Waals surface area contributed by atoms with Gasteiger partial charge in [-0.25, -0.2) is 0 Å². The average molecular weight is 238 g/mol. The van der Waals surface area contributed by atoms with Crippen LogP contribution in [-0.2, 0) is 12.8 Å². The summed E-state index contributed by atoms with van der Waals surface area (Å²) < 4.78 is 0. The molecule has 2 heteroatoms. The maximum atomic E-state index is 11.1. The van der Waals surface area contributed by atoms with Gasteiger partial charge in [-0.15, -0.1) is 0 Å². The van der Waals surface area contributed by atoms with Crippen LogP contribution in [0.5, 0.6) is 0 Å². The zero-order valence-electron chi connectivity index (χ0n) is 10.0.